The molecular formula is C10H8FNO2. The fourth-order valence-corrected chi connectivity index (χ4v) is 1.33. The molecule has 0 unspecified atom stereocenters. The molecule has 1 aromatic carbocycles. The normalized spacial score (nSPS) is 10.7. The summed E-state index contributed by atoms with van der Waals surface area (Å²) in [4.78, 5) is 11.2. The van der Waals surface area contributed by atoms with Crippen LogP contribution in [0.15, 0.2) is 28.9 Å². The molecule has 3 nitrogen and oxygen atoms in total. The lowest BCUT2D eigenvalue weighted by molar-refractivity contribution is 0.0998. The largest absolute Gasteiger partial charge is 0.464 e. The van der Waals surface area contributed by atoms with Crippen LogP contribution in [-0.2, 0) is 0 Å². The van der Waals surface area contributed by atoms with Crippen LogP contribution in [-0.4, -0.2) is 12.3 Å². The van der Waals surface area contributed by atoms with E-state index in [1.54, 1.807) is 6.07 Å². The summed E-state index contributed by atoms with van der Waals surface area (Å²) >= 11 is 0. The Kier molecular flexibility index (Phi) is 2.05. The van der Waals surface area contributed by atoms with E-state index in [0.29, 0.717) is 11.0 Å². The SMILES string of the molecule is NCC(=O)c1ccc2occc2c1F. The number of ketones is 1. The summed E-state index contributed by atoms with van der Waals surface area (Å²) in [6.45, 7) is -0.194. The summed E-state index contributed by atoms with van der Waals surface area (Å²) in [5.41, 5.74) is 5.59. The topological polar surface area (TPSA) is 56.2 Å². The molecule has 2 rings (SSSR count). The zero-order chi connectivity index (χ0) is 10.1. The molecule has 0 radical (unpaired) electrons. The van der Waals surface area contributed by atoms with Gasteiger partial charge in [-0.05, 0) is 18.2 Å². The molecule has 0 amide bonds. The molecule has 0 spiro atoms. The average molecular weight is 193 g/mol. The van der Waals surface area contributed by atoms with Crippen LogP contribution in [0.2, 0.25) is 0 Å². The smallest absolute Gasteiger partial charge is 0.179 e. The average Bonchev–Trinajstić information content (AvgIpc) is 2.66. The van der Waals surface area contributed by atoms with E-state index in [2.05, 4.69) is 0 Å². The number of hydrogen-bond donors (Lipinski definition) is 1. The molecule has 1 aromatic heterocycles. The van der Waals surface area contributed by atoms with Crippen LogP contribution in [0.5, 0.6) is 0 Å². The van der Waals surface area contributed by atoms with Crippen molar-refractivity contribution in [1.82, 2.24) is 0 Å². The number of halogens is 1. The molecule has 0 atom stereocenters. The number of hydrogen-bond acceptors (Lipinski definition) is 3. The van der Waals surface area contributed by atoms with E-state index in [1.807, 2.05) is 0 Å². The van der Waals surface area contributed by atoms with Gasteiger partial charge in [0.15, 0.2) is 5.78 Å². The Morgan fingerprint density at radius 3 is 2.93 bits per heavy atom. The van der Waals surface area contributed by atoms with E-state index in [0.717, 1.165) is 0 Å². The van der Waals surface area contributed by atoms with Gasteiger partial charge in [-0.1, -0.05) is 0 Å². The molecule has 0 saturated carbocycles. The van der Waals surface area contributed by atoms with Gasteiger partial charge < -0.3 is 10.2 Å². The van der Waals surface area contributed by atoms with Crippen LogP contribution in [0.25, 0.3) is 11.0 Å². The third kappa shape index (κ3) is 1.20. The number of carbonyl (C=O) groups is 1. The Labute approximate surface area is 79.3 Å². The summed E-state index contributed by atoms with van der Waals surface area (Å²) in [5.74, 6) is -0.975. The third-order valence-electron chi connectivity index (χ3n) is 2.06. The summed E-state index contributed by atoms with van der Waals surface area (Å²) in [6, 6.07) is 4.43. The zero-order valence-electron chi connectivity index (χ0n) is 7.29. The van der Waals surface area contributed by atoms with E-state index < -0.39 is 11.6 Å². The fourth-order valence-electron chi connectivity index (χ4n) is 1.33. The number of nitrogens with two attached hydrogens (primary N) is 1. The Morgan fingerprint density at radius 2 is 2.21 bits per heavy atom. The molecule has 0 aliphatic rings. The van der Waals surface area contributed by atoms with Crippen molar-refractivity contribution in [2.45, 2.75) is 0 Å². The molecule has 0 saturated heterocycles. The van der Waals surface area contributed by atoms with Gasteiger partial charge in [0.25, 0.3) is 0 Å². The Morgan fingerprint density at radius 1 is 1.43 bits per heavy atom. The van der Waals surface area contributed by atoms with Crippen molar-refractivity contribution >= 4 is 16.8 Å². The fraction of sp³-hybridized carbons (Fsp3) is 0.100. The Balaban J connectivity index is 2.67. The van der Waals surface area contributed by atoms with Crippen molar-refractivity contribution in [1.29, 1.82) is 0 Å². The van der Waals surface area contributed by atoms with Gasteiger partial charge >= 0.3 is 0 Å². The lowest BCUT2D eigenvalue weighted by Gasteiger charge is -2.00. The predicted molar refractivity (Wildman–Crippen MR) is 49.6 cm³/mol. The summed E-state index contributed by atoms with van der Waals surface area (Å²) in [5, 5.41) is 0.310. The maximum atomic E-state index is 13.6. The standard InChI is InChI=1S/C10H8FNO2/c11-10-6(8(13)5-12)1-2-9-7(10)3-4-14-9/h1-4H,5,12H2. The second kappa shape index (κ2) is 3.23. The van der Waals surface area contributed by atoms with Gasteiger partial charge in [-0.2, -0.15) is 0 Å². The molecule has 0 fully saturated rings. The molecule has 0 aliphatic carbocycles. The second-order valence-corrected chi connectivity index (χ2v) is 2.89. The number of furan rings is 1. The zero-order valence-corrected chi connectivity index (χ0v) is 7.29. The highest BCUT2D eigenvalue weighted by Crippen LogP contribution is 2.22. The van der Waals surface area contributed by atoms with Gasteiger partial charge in [-0.25, -0.2) is 4.39 Å². The van der Waals surface area contributed by atoms with Gasteiger partial charge in [-0.15, -0.1) is 0 Å². The predicted octanol–water partition coefficient (Wildman–Crippen LogP) is 1.71. The van der Waals surface area contributed by atoms with Gasteiger partial charge in [-0.3, -0.25) is 4.79 Å². The molecule has 4 heteroatoms. The summed E-state index contributed by atoms with van der Waals surface area (Å²) in [7, 11) is 0. The highest BCUT2D eigenvalue weighted by Gasteiger charge is 2.13. The molecule has 0 bridgehead atoms. The van der Waals surface area contributed by atoms with Crippen LogP contribution < -0.4 is 5.73 Å². The minimum atomic E-state index is -0.563. The minimum absolute atomic E-state index is 0.0152. The molecule has 72 valence electrons. The van der Waals surface area contributed by atoms with Crippen LogP contribution in [0, 0.1) is 5.82 Å². The van der Waals surface area contributed by atoms with E-state index >= 15 is 0 Å². The first-order chi connectivity index (χ1) is 6.74. The van der Waals surface area contributed by atoms with Gasteiger partial charge in [0, 0.05) is 0 Å². The van der Waals surface area contributed by atoms with E-state index in [1.165, 1.54) is 18.4 Å². The van der Waals surface area contributed by atoms with Crippen molar-refractivity contribution in [3.8, 4) is 0 Å². The molecule has 0 aliphatic heterocycles. The second-order valence-electron chi connectivity index (χ2n) is 2.89. The first kappa shape index (κ1) is 8.90. The molecule has 1 heterocycles. The molecular weight excluding hydrogens is 185 g/mol. The van der Waals surface area contributed by atoms with Gasteiger partial charge in [0.2, 0.25) is 0 Å². The van der Waals surface area contributed by atoms with Gasteiger partial charge in [0.05, 0.1) is 23.8 Å². The Bertz CT molecular complexity index is 490. The minimum Gasteiger partial charge on any atom is -0.464 e. The van der Waals surface area contributed by atoms with E-state index in [4.69, 9.17) is 10.2 Å². The number of Topliss-reactive ketones (excluding diaryl/α,β-unsaturated/α-hetero) is 1. The van der Waals surface area contributed by atoms with Crippen molar-refractivity contribution in [3.05, 3.63) is 35.8 Å². The van der Waals surface area contributed by atoms with Crippen LogP contribution in [0.3, 0.4) is 0 Å². The summed E-state index contributed by atoms with van der Waals surface area (Å²) in [6.07, 6.45) is 1.38. The monoisotopic (exact) mass is 193 g/mol. The van der Waals surface area contributed by atoms with Crippen molar-refractivity contribution in [2.75, 3.05) is 6.54 Å². The Hall–Kier alpha value is -1.68. The lowest BCUT2D eigenvalue weighted by atomic mass is 10.1. The quantitative estimate of drug-likeness (QED) is 0.738. The van der Waals surface area contributed by atoms with Crippen molar-refractivity contribution in [2.24, 2.45) is 5.73 Å². The molecule has 14 heavy (non-hydrogen) atoms. The van der Waals surface area contributed by atoms with Crippen LogP contribution >= 0.6 is 0 Å². The first-order valence-electron chi connectivity index (χ1n) is 4.13. The number of carbonyl (C=O) groups excluding carboxylic acids is 1. The van der Waals surface area contributed by atoms with Crippen LogP contribution in [0.1, 0.15) is 10.4 Å². The molecule has 2 aromatic rings. The highest BCUT2D eigenvalue weighted by atomic mass is 19.1. The van der Waals surface area contributed by atoms with Gasteiger partial charge in [0.1, 0.15) is 11.4 Å². The number of fused-ring (bicyclic) bond motifs is 1. The first-order valence-corrected chi connectivity index (χ1v) is 4.13. The van der Waals surface area contributed by atoms with Crippen molar-refractivity contribution < 1.29 is 13.6 Å². The van der Waals surface area contributed by atoms with Crippen molar-refractivity contribution in [3.63, 3.8) is 0 Å². The third-order valence-corrected chi connectivity index (χ3v) is 2.06. The summed E-state index contributed by atoms with van der Waals surface area (Å²) < 4.78 is 18.6. The van der Waals surface area contributed by atoms with E-state index in [-0.39, 0.29) is 12.1 Å². The maximum absolute atomic E-state index is 13.6. The number of rotatable bonds is 2. The highest BCUT2D eigenvalue weighted by molar-refractivity contribution is 6.00. The van der Waals surface area contributed by atoms with Crippen LogP contribution in [0.4, 0.5) is 4.39 Å². The maximum Gasteiger partial charge on any atom is 0.179 e. The number of benzene rings is 1. The lowest BCUT2D eigenvalue weighted by Crippen LogP contribution is -2.15. The molecule has 2 N–H and O–H groups in total. The van der Waals surface area contributed by atoms with E-state index in [9.17, 15) is 9.18 Å².